The summed E-state index contributed by atoms with van der Waals surface area (Å²) in [5.74, 6) is 0. The minimum atomic E-state index is -0.706. The van der Waals surface area contributed by atoms with Gasteiger partial charge in [0.15, 0.2) is 0 Å². The van der Waals surface area contributed by atoms with Gasteiger partial charge in [-0.05, 0) is 11.6 Å². The number of alkyl halides is 1. The van der Waals surface area contributed by atoms with Gasteiger partial charge in [0.25, 0.3) is 5.69 Å². The van der Waals surface area contributed by atoms with E-state index in [0.717, 1.165) is 17.2 Å². The van der Waals surface area contributed by atoms with Gasteiger partial charge in [0.05, 0.1) is 21.6 Å². The topological polar surface area (TPSA) is 111 Å². The Labute approximate surface area is 134 Å². The second-order valence-corrected chi connectivity index (χ2v) is 5.21. The molecule has 0 aromatic heterocycles. The van der Waals surface area contributed by atoms with E-state index in [9.17, 15) is 20.2 Å². The first-order valence-electron chi connectivity index (χ1n) is 6.49. The summed E-state index contributed by atoms with van der Waals surface area (Å²) in [7, 11) is 0. The van der Waals surface area contributed by atoms with Crippen LogP contribution in [0, 0.1) is 20.2 Å². The molecule has 0 saturated carbocycles. The highest BCUT2D eigenvalue weighted by atomic mass is 35.5. The predicted molar refractivity (Wildman–Crippen MR) is 84.9 cm³/mol. The summed E-state index contributed by atoms with van der Waals surface area (Å²) < 4.78 is 0. The number of hydrogen-bond donors (Lipinski definition) is 1. The number of hydrogen-bond acceptors (Lipinski definition) is 6. The summed E-state index contributed by atoms with van der Waals surface area (Å²) in [4.78, 5) is 20.4. The van der Waals surface area contributed by atoms with Crippen LogP contribution in [0.4, 0.5) is 17.1 Å². The number of nitrogens with zero attached hydrogens (tertiary/aromatic N) is 3. The molecule has 1 aliphatic rings. The van der Waals surface area contributed by atoms with E-state index in [4.69, 9.17) is 11.6 Å². The summed E-state index contributed by atoms with van der Waals surface area (Å²) >= 11 is 6.19. The summed E-state index contributed by atoms with van der Waals surface area (Å²) in [6.45, 7) is 0. The monoisotopic (exact) mass is 332 g/mol. The van der Waals surface area contributed by atoms with Crippen molar-refractivity contribution in [3.8, 4) is 0 Å². The molecule has 2 aromatic carbocycles. The Hall–Kier alpha value is -3.00. The van der Waals surface area contributed by atoms with Gasteiger partial charge in [0.2, 0.25) is 0 Å². The van der Waals surface area contributed by atoms with Crippen LogP contribution in [0.5, 0.6) is 0 Å². The molecule has 3 rings (SSSR count). The van der Waals surface area contributed by atoms with Crippen LogP contribution in [0.25, 0.3) is 0 Å². The second kappa shape index (κ2) is 5.65. The maximum Gasteiger partial charge on any atom is 0.301 e. The third kappa shape index (κ3) is 2.59. The molecule has 0 aliphatic heterocycles. The largest absolute Gasteiger partial charge is 0.301 e. The first-order chi connectivity index (χ1) is 11.0. The van der Waals surface area contributed by atoms with Crippen molar-refractivity contribution in [2.45, 2.75) is 5.38 Å². The van der Waals surface area contributed by atoms with E-state index in [1.54, 1.807) is 0 Å². The second-order valence-electron chi connectivity index (χ2n) is 4.77. The molecule has 0 bridgehead atoms. The van der Waals surface area contributed by atoms with Crippen LogP contribution in [0.3, 0.4) is 0 Å². The average Bonchev–Trinajstić information content (AvgIpc) is 2.54. The van der Waals surface area contributed by atoms with Crippen molar-refractivity contribution in [3.05, 3.63) is 73.8 Å². The minimum Gasteiger partial charge on any atom is -0.271 e. The molecular formula is C14H9ClN4O4. The number of fused-ring (bicyclic) bond motifs is 1. The Balaban J connectivity index is 1.91. The van der Waals surface area contributed by atoms with E-state index in [1.807, 2.05) is 24.3 Å². The lowest BCUT2D eigenvalue weighted by Crippen LogP contribution is -2.24. The van der Waals surface area contributed by atoms with Gasteiger partial charge in [0, 0.05) is 11.6 Å². The standard InChI is InChI=1S/C14H9ClN4O4/c15-13-9-3-1-2-4-10(9)14(13)17-16-11-6-5-8(18(20)21)7-12(11)19(22)23/h1-7,13,16H/b17-14-/t13-/m0/s1. The summed E-state index contributed by atoms with van der Waals surface area (Å²) in [5, 5.41) is 25.5. The van der Waals surface area contributed by atoms with Gasteiger partial charge in [-0.2, -0.15) is 5.10 Å². The van der Waals surface area contributed by atoms with Crippen LogP contribution in [-0.4, -0.2) is 15.6 Å². The molecule has 2 aromatic rings. The maximum absolute atomic E-state index is 11.1. The lowest BCUT2D eigenvalue weighted by atomic mass is 9.86. The smallest absolute Gasteiger partial charge is 0.271 e. The number of nitro groups is 2. The van der Waals surface area contributed by atoms with Gasteiger partial charge in [-0.3, -0.25) is 25.7 Å². The molecule has 116 valence electrons. The molecular weight excluding hydrogens is 324 g/mol. The molecule has 1 N–H and O–H groups in total. The van der Waals surface area contributed by atoms with Crippen molar-refractivity contribution >= 4 is 34.4 Å². The third-order valence-electron chi connectivity index (χ3n) is 3.44. The molecule has 0 fully saturated rings. The van der Waals surface area contributed by atoms with Gasteiger partial charge in [-0.1, -0.05) is 24.3 Å². The van der Waals surface area contributed by atoms with E-state index < -0.39 is 20.9 Å². The molecule has 0 spiro atoms. The number of hydrazone groups is 1. The lowest BCUT2D eigenvalue weighted by molar-refractivity contribution is -0.393. The average molecular weight is 333 g/mol. The van der Waals surface area contributed by atoms with Crippen LogP contribution in [0.15, 0.2) is 47.6 Å². The first-order valence-corrected chi connectivity index (χ1v) is 6.92. The lowest BCUT2D eigenvalue weighted by Gasteiger charge is -2.26. The molecule has 0 unspecified atom stereocenters. The van der Waals surface area contributed by atoms with Crippen molar-refractivity contribution < 1.29 is 9.85 Å². The number of nitrogens with one attached hydrogen (secondary N) is 1. The Bertz CT molecular complexity index is 852. The zero-order chi connectivity index (χ0) is 16.6. The van der Waals surface area contributed by atoms with Crippen LogP contribution in [0.1, 0.15) is 16.5 Å². The number of nitro benzene ring substituents is 2. The van der Waals surface area contributed by atoms with Gasteiger partial charge in [-0.25, -0.2) is 0 Å². The fourth-order valence-corrected chi connectivity index (χ4v) is 2.63. The SMILES string of the molecule is O=[N+]([O-])c1ccc(N/N=C2/c3ccccc3[C@@H]2Cl)c([N+](=O)[O-])c1. The van der Waals surface area contributed by atoms with E-state index in [1.165, 1.54) is 12.1 Å². The molecule has 0 amide bonds. The third-order valence-corrected chi connectivity index (χ3v) is 3.88. The summed E-state index contributed by atoms with van der Waals surface area (Å²) in [6.07, 6.45) is 0. The van der Waals surface area contributed by atoms with Gasteiger partial charge >= 0.3 is 5.69 Å². The van der Waals surface area contributed by atoms with Gasteiger partial charge < -0.3 is 0 Å². The Morgan fingerprint density at radius 1 is 1.09 bits per heavy atom. The van der Waals surface area contributed by atoms with Crippen LogP contribution in [0.2, 0.25) is 0 Å². The number of benzene rings is 2. The highest BCUT2D eigenvalue weighted by Gasteiger charge is 2.32. The first kappa shape index (κ1) is 14.9. The normalized spacial score (nSPS) is 17.3. The minimum absolute atomic E-state index is 0.0568. The quantitative estimate of drug-likeness (QED) is 0.522. The van der Waals surface area contributed by atoms with Gasteiger partial charge in [-0.15, -0.1) is 11.6 Å². The number of rotatable bonds is 4. The van der Waals surface area contributed by atoms with Crippen molar-refractivity contribution in [2.24, 2.45) is 5.10 Å². The van der Waals surface area contributed by atoms with Crippen molar-refractivity contribution in [3.63, 3.8) is 0 Å². The molecule has 23 heavy (non-hydrogen) atoms. The van der Waals surface area contributed by atoms with Crippen molar-refractivity contribution in [2.75, 3.05) is 5.43 Å². The Morgan fingerprint density at radius 2 is 1.83 bits per heavy atom. The highest BCUT2D eigenvalue weighted by Crippen LogP contribution is 2.39. The Morgan fingerprint density at radius 3 is 2.52 bits per heavy atom. The molecule has 0 saturated heterocycles. The van der Waals surface area contributed by atoms with E-state index in [-0.39, 0.29) is 11.4 Å². The van der Waals surface area contributed by atoms with Crippen LogP contribution < -0.4 is 5.43 Å². The fraction of sp³-hybridized carbons (Fsp3) is 0.0714. The summed E-state index contributed by atoms with van der Waals surface area (Å²) in [6, 6.07) is 10.7. The van der Waals surface area contributed by atoms with Crippen molar-refractivity contribution in [1.29, 1.82) is 0 Å². The zero-order valence-electron chi connectivity index (χ0n) is 11.5. The number of halogens is 1. The number of non-ortho nitro benzene ring substituents is 1. The molecule has 9 heteroatoms. The van der Waals surface area contributed by atoms with E-state index in [0.29, 0.717) is 5.71 Å². The highest BCUT2D eigenvalue weighted by molar-refractivity contribution is 6.40. The van der Waals surface area contributed by atoms with E-state index in [2.05, 4.69) is 10.5 Å². The van der Waals surface area contributed by atoms with Crippen LogP contribution >= 0.6 is 11.6 Å². The predicted octanol–water partition coefficient (Wildman–Crippen LogP) is 3.61. The summed E-state index contributed by atoms with van der Waals surface area (Å²) in [5.41, 5.74) is 4.21. The molecule has 0 radical (unpaired) electrons. The Kier molecular flexibility index (Phi) is 3.67. The molecule has 1 atom stereocenters. The molecule has 8 nitrogen and oxygen atoms in total. The van der Waals surface area contributed by atoms with Gasteiger partial charge in [0.1, 0.15) is 11.1 Å². The fourth-order valence-electron chi connectivity index (χ4n) is 2.27. The number of anilines is 1. The van der Waals surface area contributed by atoms with Crippen LogP contribution in [-0.2, 0) is 0 Å². The molecule has 0 heterocycles. The maximum atomic E-state index is 11.1. The van der Waals surface area contributed by atoms with Crippen molar-refractivity contribution in [1.82, 2.24) is 0 Å². The zero-order valence-corrected chi connectivity index (χ0v) is 12.2. The van der Waals surface area contributed by atoms with E-state index >= 15 is 0 Å². The molecule has 1 aliphatic carbocycles.